The van der Waals surface area contributed by atoms with Crippen LogP contribution in [0.1, 0.15) is 26.7 Å². The fourth-order valence-corrected chi connectivity index (χ4v) is 2.05. The van der Waals surface area contributed by atoms with Gasteiger partial charge in [-0.2, -0.15) is 0 Å². The number of carbonyl (C=O) groups excluding carboxylic acids is 2. The van der Waals surface area contributed by atoms with Gasteiger partial charge in [-0.05, 0) is 19.8 Å². The van der Waals surface area contributed by atoms with Crippen LogP contribution in [0.2, 0.25) is 0 Å². The maximum absolute atomic E-state index is 11.7. The second-order valence-corrected chi connectivity index (χ2v) is 4.10. The second kappa shape index (κ2) is 3.98. The minimum Gasteiger partial charge on any atom is -0.347 e. The molecule has 0 aliphatic carbocycles. The molecule has 1 aliphatic heterocycles. The lowest BCUT2D eigenvalue weighted by Crippen LogP contribution is -2.47. The highest BCUT2D eigenvalue weighted by atomic mass is 16.2. The molecule has 1 rings (SSSR count). The Morgan fingerprint density at radius 3 is 2.29 bits per heavy atom. The van der Waals surface area contributed by atoms with Crippen LogP contribution in [0.25, 0.3) is 0 Å². The molecule has 0 bridgehead atoms. The molecule has 0 aromatic rings. The van der Waals surface area contributed by atoms with Gasteiger partial charge in [-0.1, -0.05) is 0 Å². The van der Waals surface area contributed by atoms with E-state index in [1.807, 2.05) is 6.92 Å². The van der Waals surface area contributed by atoms with Gasteiger partial charge in [0.2, 0.25) is 11.8 Å². The maximum atomic E-state index is 11.7. The topological polar surface area (TPSA) is 40.6 Å². The van der Waals surface area contributed by atoms with E-state index >= 15 is 0 Å². The molecular formula is C10H18N2O2. The molecule has 0 aromatic carbocycles. The average molecular weight is 198 g/mol. The van der Waals surface area contributed by atoms with Gasteiger partial charge in [0, 0.05) is 27.1 Å². The molecule has 4 nitrogen and oxygen atoms in total. The molecule has 1 saturated heterocycles. The van der Waals surface area contributed by atoms with Crippen molar-refractivity contribution in [1.29, 1.82) is 0 Å². The standard InChI is InChI=1S/C10H18N2O2/c1-7-5-6-9(10(14)11(3)4)12(7)8(2)13/h7,9H,5-6H2,1-4H3. The fourth-order valence-electron chi connectivity index (χ4n) is 2.05. The Labute approximate surface area is 84.9 Å². The smallest absolute Gasteiger partial charge is 0.244 e. The number of hydrogen-bond acceptors (Lipinski definition) is 2. The summed E-state index contributed by atoms with van der Waals surface area (Å²) in [5.41, 5.74) is 0. The van der Waals surface area contributed by atoms with Crippen LogP contribution in [0.3, 0.4) is 0 Å². The Morgan fingerprint density at radius 1 is 1.29 bits per heavy atom. The lowest BCUT2D eigenvalue weighted by Gasteiger charge is -2.28. The number of likely N-dealkylation sites (tertiary alicyclic amines) is 1. The van der Waals surface area contributed by atoms with Gasteiger partial charge >= 0.3 is 0 Å². The van der Waals surface area contributed by atoms with Crippen molar-refractivity contribution < 1.29 is 9.59 Å². The zero-order chi connectivity index (χ0) is 10.9. The Hall–Kier alpha value is -1.06. The van der Waals surface area contributed by atoms with E-state index in [9.17, 15) is 9.59 Å². The van der Waals surface area contributed by atoms with E-state index in [0.29, 0.717) is 0 Å². The molecule has 14 heavy (non-hydrogen) atoms. The summed E-state index contributed by atoms with van der Waals surface area (Å²) in [6.45, 7) is 3.52. The molecular weight excluding hydrogens is 180 g/mol. The predicted octanol–water partition coefficient (Wildman–Crippen LogP) is 0.474. The first-order valence-corrected chi connectivity index (χ1v) is 4.95. The quantitative estimate of drug-likeness (QED) is 0.614. The van der Waals surface area contributed by atoms with Crippen molar-refractivity contribution in [3.8, 4) is 0 Å². The summed E-state index contributed by atoms with van der Waals surface area (Å²) in [7, 11) is 3.45. The molecule has 0 saturated carbocycles. The van der Waals surface area contributed by atoms with Crippen LogP contribution in [0.15, 0.2) is 0 Å². The van der Waals surface area contributed by atoms with Crippen molar-refractivity contribution in [1.82, 2.24) is 9.80 Å². The number of amides is 2. The van der Waals surface area contributed by atoms with Crippen LogP contribution in [-0.2, 0) is 9.59 Å². The van der Waals surface area contributed by atoms with E-state index in [1.54, 1.807) is 23.9 Å². The molecule has 2 amide bonds. The Balaban J connectivity index is 2.79. The highest BCUT2D eigenvalue weighted by Gasteiger charge is 2.37. The monoisotopic (exact) mass is 198 g/mol. The van der Waals surface area contributed by atoms with Crippen LogP contribution in [0, 0.1) is 0 Å². The highest BCUT2D eigenvalue weighted by Crippen LogP contribution is 2.24. The van der Waals surface area contributed by atoms with Gasteiger partial charge in [0.05, 0.1) is 0 Å². The van der Waals surface area contributed by atoms with Crippen LogP contribution >= 0.6 is 0 Å². The summed E-state index contributed by atoms with van der Waals surface area (Å²) in [5.74, 6) is 0.0275. The zero-order valence-electron chi connectivity index (χ0n) is 9.28. The third kappa shape index (κ3) is 1.89. The van der Waals surface area contributed by atoms with Crippen molar-refractivity contribution >= 4 is 11.8 Å². The van der Waals surface area contributed by atoms with E-state index < -0.39 is 0 Å². The summed E-state index contributed by atoms with van der Waals surface area (Å²) in [6, 6.07) is -0.0427. The summed E-state index contributed by atoms with van der Waals surface area (Å²) >= 11 is 0. The zero-order valence-corrected chi connectivity index (χ0v) is 9.28. The van der Waals surface area contributed by atoms with Gasteiger partial charge < -0.3 is 9.80 Å². The summed E-state index contributed by atoms with van der Waals surface area (Å²) < 4.78 is 0. The van der Waals surface area contributed by atoms with Crippen LogP contribution < -0.4 is 0 Å². The minimum atomic E-state index is -0.238. The molecule has 0 radical (unpaired) electrons. The van der Waals surface area contributed by atoms with Crippen molar-refractivity contribution in [2.45, 2.75) is 38.8 Å². The van der Waals surface area contributed by atoms with Crippen LogP contribution in [0.5, 0.6) is 0 Å². The third-order valence-electron chi connectivity index (χ3n) is 2.76. The van der Waals surface area contributed by atoms with Crippen molar-refractivity contribution in [3.05, 3.63) is 0 Å². The first kappa shape index (κ1) is 11.0. The second-order valence-electron chi connectivity index (χ2n) is 4.10. The minimum absolute atomic E-state index is 0.00444. The van der Waals surface area contributed by atoms with Crippen molar-refractivity contribution in [2.75, 3.05) is 14.1 Å². The van der Waals surface area contributed by atoms with Crippen LogP contribution in [0.4, 0.5) is 0 Å². The number of likely N-dealkylation sites (N-methyl/N-ethyl adjacent to an activating group) is 1. The number of rotatable bonds is 1. The maximum Gasteiger partial charge on any atom is 0.244 e. The molecule has 0 spiro atoms. The lowest BCUT2D eigenvalue weighted by atomic mass is 10.2. The average Bonchev–Trinajstić information content (AvgIpc) is 2.45. The fraction of sp³-hybridized carbons (Fsp3) is 0.800. The number of carbonyl (C=O) groups is 2. The summed E-state index contributed by atoms with van der Waals surface area (Å²) in [5, 5.41) is 0. The molecule has 0 aromatic heterocycles. The predicted molar refractivity (Wildman–Crippen MR) is 53.7 cm³/mol. The highest BCUT2D eigenvalue weighted by molar-refractivity contribution is 5.87. The molecule has 2 atom stereocenters. The molecule has 1 heterocycles. The normalized spacial score (nSPS) is 26.4. The van der Waals surface area contributed by atoms with Crippen LogP contribution in [-0.4, -0.2) is 47.8 Å². The Morgan fingerprint density at radius 2 is 1.86 bits per heavy atom. The largest absolute Gasteiger partial charge is 0.347 e. The first-order chi connectivity index (χ1) is 6.45. The van der Waals surface area contributed by atoms with Gasteiger partial charge in [-0.25, -0.2) is 0 Å². The van der Waals surface area contributed by atoms with Gasteiger partial charge in [0.1, 0.15) is 6.04 Å². The molecule has 80 valence electrons. The van der Waals surface area contributed by atoms with Gasteiger partial charge in [-0.3, -0.25) is 9.59 Å². The van der Waals surface area contributed by atoms with E-state index in [0.717, 1.165) is 12.8 Å². The van der Waals surface area contributed by atoms with Crippen molar-refractivity contribution in [3.63, 3.8) is 0 Å². The Bertz CT molecular complexity index is 251. The Kier molecular flexibility index (Phi) is 3.13. The van der Waals surface area contributed by atoms with Gasteiger partial charge in [-0.15, -0.1) is 0 Å². The van der Waals surface area contributed by atoms with E-state index in [1.165, 1.54) is 6.92 Å². The summed E-state index contributed by atoms with van der Waals surface area (Å²) in [4.78, 5) is 26.3. The number of hydrogen-bond donors (Lipinski definition) is 0. The first-order valence-electron chi connectivity index (χ1n) is 4.95. The van der Waals surface area contributed by atoms with E-state index in [-0.39, 0.29) is 23.9 Å². The molecule has 2 unspecified atom stereocenters. The molecule has 1 fully saturated rings. The SMILES string of the molecule is CC(=O)N1C(C)CCC1C(=O)N(C)C. The van der Waals surface area contributed by atoms with Gasteiger partial charge in [0.15, 0.2) is 0 Å². The van der Waals surface area contributed by atoms with E-state index in [2.05, 4.69) is 0 Å². The number of nitrogens with zero attached hydrogens (tertiary/aromatic N) is 2. The van der Waals surface area contributed by atoms with E-state index in [4.69, 9.17) is 0 Å². The molecule has 0 N–H and O–H groups in total. The van der Waals surface area contributed by atoms with Crippen molar-refractivity contribution in [2.24, 2.45) is 0 Å². The third-order valence-corrected chi connectivity index (χ3v) is 2.76. The van der Waals surface area contributed by atoms with Gasteiger partial charge in [0.25, 0.3) is 0 Å². The molecule has 4 heteroatoms. The lowest BCUT2D eigenvalue weighted by molar-refractivity contribution is -0.142. The summed E-state index contributed by atoms with van der Waals surface area (Å²) in [6.07, 6.45) is 1.71. The molecule has 1 aliphatic rings.